The lowest BCUT2D eigenvalue weighted by atomic mass is 9.89. The molecule has 0 atom stereocenters. The standard InChI is InChI=1S/C15H21NO3/c17-11-1-8-16-9-6-13(7-10-16)15(19)12-2-4-14(18)5-3-12/h2-5,13,17-18H,1,6-11H2. The van der Waals surface area contributed by atoms with Gasteiger partial charge in [0.15, 0.2) is 5.78 Å². The van der Waals surface area contributed by atoms with Gasteiger partial charge in [-0.15, -0.1) is 0 Å². The Morgan fingerprint density at radius 2 is 1.84 bits per heavy atom. The van der Waals surface area contributed by atoms with Crippen molar-refractivity contribution in [3.05, 3.63) is 29.8 Å². The summed E-state index contributed by atoms with van der Waals surface area (Å²) < 4.78 is 0. The van der Waals surface area contributed by atoms with Crippen LogP contribution in [0.5, 0.6) is 5.75 Å². The van der Waals surface area contributed by atoms with Crippen molar-refractivity contribution in [3.63, 3.8) is 0 Å². The number of piperidine rings is 1. The van der Waals surface area contributed by atoms with Gasteiger partial charge in [-0.3, -0.25) is 4.79 Å². The zero-order valence-electron chi connectivity index (χ0n) is 11.1. The van der Waals surface area contributed by atoms with Crippen LogP contribution in [0.15, 0.2) is 24.3 Å². The second kappa shape index (κ2) is 6.68. The van der Waals surface area contributed by atoms with E-state index < -0.39 is 0 Å². The van der Waals surface area contributed by atoms with Gasteiger partial charge < -0.3 is 15.1 Å². The van der Waals surface area contributed by atoms with E-state index in [-0.39, 0.29) is 24.1 Å². The number of carbonyl (C=O) groups is 1. The van der Waals surface area contributed by atoms with E-state index in [1.807, 2.05) is 0 Å². The van der Waals surface area contributed by atoms with E-state index in [1.54, 1.807) is 24.3 Å². The molecule has 4 heteroatoms. The summed E-state index contributed by atoms with van der Waals surface area (Å²) >= 11 is 0. The number of hydrogen-bond donors (Lipinski definition) is 2. The van der Waals surface area contributed by atoms with Gasteiger partial charge in [0, 0.05) is 24.6 Å². The molecular weight excluding hydrogens is 242 g/mol. The molecule has 0 radical (unpaired) electrons. The monoisotopic (exact) mass is 263 g/mol. The van der Waals surface area contributed by atoms with Crippen molar-refractivity contribution in [2.75, 3.05) is 26.2 Å². The molecule has 1 aliphatic rings. The first-order chi connectivity index (χ1) is 9.20. The van der Waals surface area contributed by atoms with Crippen molar-refractivity contribution in [1.29, 1.82) is 0 Å². The van der Waals surface area contributed by atoms with Crippen LogP contribution in [0, 0.1) is 5.92 Å². The number of phenolic OH excluding ortho intramolecular Hbond substituents is 1. The Labute approximate surface area is 113 Å². The molecule has 4 nitrogen and oxygen atoms in total. The smallest absolute Gasteiger partial charge is 0.166 e. The number of phenols is 1. The Bertz CT molecular complexity index is 408. The lowest BCUT2D eigenvalue weighted by Crippen LogP contribution is -2.37. The Balaban J connectivity index is 1.87. The number of nitrogens with zero attached hydrogens (tertiary/aromatic N) is 1. The average molecular weight is 263 g/mol. The van der Waals surface area contributed by atoms with E-state index in [1.165, 1.54) is 0 Å². The molecule has 0 bridgehead atoms. The maximum Gasteiger partial charge on any atom is 0.166 e. The van der Waals surface area contributed by atoms with Gasteiger partial charge in [-0.05, 0) is 56.6 Å². The number of aromatic hydroxyl groups is 1. The number of aliphatic hydroxyl groups is 1. The van der Waals surface area contributed by atoms with Crippen LogP contribution in [-0.2, 0) is 0 Å². The maximum atomic E-state index is 12.3. The minimum atomic E-state index is 0.0925. The van der Waals surface area contributed by atoms with Crippen molar-refractivity contribution in [1.82, 2.24) is 4.90 Å². The largest absolute Gasteiger partial charge is 0.508 e. The zero-order chi connectivity index (χ0) is 13.7. The highest BCUT2D eigenvalue weighted by Gasteiger charge is 2.25. The van der Waals surface area contributed by atoms with Crippen molar-refractivity contribution in [3.8, 4) is 5.75 Å². The number of Topliss-reactive ketones (excluding diaryl/α,β-unsaturated/α-hetero) is 1. The third-order valence-electron chi connectivity index (χ3n) is 3.74. The van der Waals surface area contributed by atoms with Crippen LogP contribution in [0.1, 0.15) is 29.6 Å². The summed E-state index contributed by atoms with van der Waals surface area (Å²) in [7, 11) is 0. The fourth-order valence-electron chi connectivity index (χ4n) is 2.57. The molecule has 104 valence electrons. The van der Waals surface area contributed by atoms with Gasteiger partial charge in [0.05, 0.1) is 0 Å². The van der Waals surface area contributed by atoms with E-state index in [0.29, 0.717) is 5.56 Å². The Kier molecular flexibility index (Phi) is 4.93. The van der Waals surface area contributed by atoms with Crippen LogP contribution in [0.4, 0.5) is 0 Å². The molecule has 1 aromatic carbocycles. The topological polar surface area (TPSA) is 60.8 Å². The molecule has 1 aliphatic heterocycles. The van der Waals surface area contributed by atoms with Gasteiger partial charge >= 0.3 is 0 Å². The van der Waals surface area contributed by atoms with Gasteiger partial charge in [0.1, 0.15) is 5.75 Å². The third kappa shape index (κ3) is 3.78. The molecule has 1 saturated heterocycles. The SMILES string of the molecule is O=C(c1ccc(O)cc1)C1CCN(CCCO)CC1. The minimum absolute atomic E-state index is 0.0925. The molecule has 0 amide bonds. The van der Waals surface area contributed by atoms with E-state index in [9.17, 15) is 9.90 Å². The molecular formula is C15H21NO3. The molecule has 1 aromatic rings. The number of hydrogen-bond acceptors (Lipinski definition) is 4. The van der Waals surface area contributed by atoms with Crippen LogP contribution in [0.3, 0.4) is 0 Å². The third-order valence-corrected chi connectivity index (χ3v) is 3.74. The molecule has 0 saturated carbocycles. The number of rotatable bonds is 5. The summed E-state index contributed by atoms with van der Waals surface area (Å²) in [6, 6.07) is 6.50. The highest BCUT2D eigenvalue weighted by Crippen LogP contribution is 2.22. The molecule has 0 aliphatic carbocycles. The number of aliphatic hydroxyl groups excluding tert-OH is 1. The van der Waals surface area contributed by atoms with E-state index in [4.69, 9.17) is 5.11 Å². The Hall–Kier alpha value is -1.39. The lowest BCUT2D eigenvalue weighted by molar-refractivity contribution is 0.0834. The van der Waals surface area contributed by atoms with Crippen molar-refractivity contribution < 1.29 is 15.0 Å². The van der Waals surface area contributed by atoms with E-state index in [0.717, 1.165) is 38.9 Å². The van der Waals surface area contributed by atoms with Crippen LogP contribution in [0.25, 0.3) is 0 Å². The molecule has 1 fully saturated rings. The Morgan fingerprint density at radius 1 is 1.21 bits per heavy atom. The predicted octanol–water partition coefficient (Wildman–Crippen LogP) is 1.67. The second-order valence-electron chi connectivity index (χ2n) is 5.10. The highest BCUT2D eigenvalue weighted by atomic mass is 16.3. The minimum Gasteiger partial charge on any atom is -0.508 e. The van der Waals surface area contributed by atoms with Crippen molar-refractivity contribution >= 4 is 5.78 Å². The molecule has 2 N–H and O–H groups in total. The molecule has 0 unspecified atom stereocenters. The van der Waals surface area contributed by atoms with Gasteiger partial charge in [-0.2, -0.15) is 0 Å². The summed E-state index contributed by atoms with van der Waals surface area (Å²) in [5.74, 6) is 0.465. The molecule has 2 rings (SSSR count). The van der Waals surface area contributed by atoms with Crippen molar-refractivity contribution in [2.24, 2.45) is 5.92 Å². The van der Waals surface area contributed by atoms with Gasteiger partial charge in [0.2, 0.25) is 0 Å². The van der Waals surface area contributed by atoms with Crippen LogP contribution >= 0.6 is 0 Å². The zero-order valence-corrected chi connectivity index (χ0v) is 11.1. The van der Waals surface area contributed by atoms with Crippen molar-refractivity contribution in [2.45, 2.75) is 19.3 Å². The first kappa shape index (κ1) is 14.0. The highest BCUT2D eigenvalue weighted by molar-refractivity contribution is 5.98. The molecule has 0 aromatic heterocycles. The van der Waals surface area contributed by atoms with Crippen LogP contribution in [-0.4, -0.2) is 47.1 Å². The molecule has 1 heterocycles. The molecule has 0 spiro atoms. The van der Waals surface area contributed by atoms with Crippen LogP contribution < -0.4 is 0 Å². The quantitative estimate of drug-likeness (QED) is 0.793. The number of likely N-dealkylation sites (tertiary alicyclic amines) is 1. The lowest BCUT2D eigenvalue weighted by Gasteiger charge is -2.31. The summed E-state index contributed by atoms with van der Waals surface area (Å²) in [5, 5.41) is 18.0. The predicted molar refractivity (Wildman–Crippen MR) is 73.3 cm³/mol. The van der Waals surface area contributed by atoms with E-state index >= 15 is 0 Å². The van der Waals surface area contributed by atoms with Gasteiger partial charge in [-0.1, -0.05) is 0 Å². The van der Waals surface area contributed by atoms with Crippen LogP contribution in [0.2, 0.25) is 0 Å². The normalized spacial score (nSPS) is 17.5. The average Bonchev–Trinajstić information content (AvgIpc) is 2.46. The summed E-state index contributed by atoms with van der Waals surface area (Å²) in [4.78, 5) is 14.6. The number of ketones is 1. The molecule has 19 heavy (non-hydrogen) atoms. The van der Waals surface area contributed by atoms with Gasteiger partial charge in [0.25, 0.3) is 0 Å². The first-order valence-corrected chi connectivity index (χ1v) is 6.87. The summed E-state index contributed by atoms with van der Waals surface area (Å²) in [5.41, 5.74) is 0.687. The summed E-state index contributed by atoms with van der Waals surface area (Å²) in [6.07, 6.45) is 2.56. The number of carbonyl (C=O) groups excluding carboxylic acids is 1. The van der Waals surface area contributed by atoms with E-state index in [2.05, 4.69) is 4.90 Å². The maximum absolute atomic E-state index is 12.3. The summed E-state index contributed by atoms with van der Waals surface area (Å²) in [6.45, 7) is 2.99. The first-order valence-electron chi connectivity index (χ1n) is 6.87. The fourth-order valence-corrected chi connectivity index (χ4v) is 2.57. The fraction of sp³-hybridized carbons (Fsp3) is 0.533. The second-order valence-corrected chi connectivity index (χ2v) is 5.10. The van der Waals surface area contributed by atoms with Gasteiger partial charge in [-0.25, -0.2) is 0 Å². The Morgan fingerprint density at radius 3 is 2.42 bits per heavy atom. The number of benzene rings is 1.